The summed E-state index contributed by atoms with van der Waals surface area (Å²) >= 11 is 0. The van der Waals surface area contributed by atoms with Gasteiger partial charge in [0, 0.05) is 18.3 Å². The zero-order valence-electron chi connectivity index (χ0n) is 20.8. The summed E-state index contributed by atoms with van der Waals surface area (Å²) in [5, 5.41) is 22.3. The van der Waals surface area contributed by atoms with Crippen molar-refractivity contribution in [2.75, 3.05) is 4.31 Å². The second-order valence-corrected chi connectivity index (χ2v) is 12.4. The van der Waals surface area contributed by atoms with E-state index < -0.39 is 25.8 Å². The van der Waals surface area contributed by atoms with Crippen LogP contribution < -0.4 is 4.31 Å². The van der Waals surface area contributed by atoms with Gasteiger partial charge in [0.25, 0.3) is 15.7 Å². The van der Waals surface area contributed by atoms with E-state index in [2.05, 4.69) is 4.98 Å². The second-order valence-electron chi connectivity index (χ2n) is 10.5. The molecule has 0 fully saturated rings. The first-order chi connectivity index (χ1) is 16.1. The van der Waals surface area contributed by atoms with Crippen molar-refractivity contribution in [3.8, 4) is 5.75 Å². The largest absolute Gasteiger partial charge is 0.507 e. The first-order valence-corrected chi connectivity index (χ1v) is 12.6. The number of sulfonamides is 1. The summed E-state index contributed by atoms with van der Waals surface area (Å²) in [6.45, 7) is 11.8. The number of hydrogen-bond acceptors (Lipinski definition) is 6. The predicted molar refractivity (Wildman–Crippen MR) is 136 cm³/mol. The summed E-state index contributed by atoms with van der Waals surface area (Å²) in [4.78, 5) is 14.5. The molecule has 1 N–H and O–H groups in total. The summed E-state index contributed by atoms with van der Waals surface area (Å²) in [5.41, 5.74) is 1.32. The molecule has 186 valence electrons. The molecule has 0 saturated carbocycles. The lowest BCUT2D eigenvalue weighted by Gasteiger charge is -2.30. The van der Waals surface area contributed by atoms with Gasteiger partial charge in [-0.05, 0) is 57.9 Å². The third-order valence-corrected chi connectivity index (χ3v) is 7.43. The first-order valence-electron chi connectivity index (χ1n) is 11.2. The number of rotatable bonds is 6. The second kappa shape index (κ2) is 9.30. The van der Waals surface area contributed by atoms with Crippen LogP contribution in [-0.4, -0.2) is 23.4 Å². The number of nitro benzene ring substituents is 1. The molecule has 0 aliphatic heterocycles. The molecule has 1 aromatic heterocycles. The predicted octanol–water partition coefficient (Wildman–Crippen LogP) is 5.69. The highest BCUT2D eigenvalue weighted by molar-refractivity contribution is 7.92. The number of anilines is 1. The zero-order valence-corrected chi connectivity index (χ0v) is 21.6. The highest BCUT2D eigenvalue weighted by Crippen LogP contribution is 2.40. The molecule has 0 unspecified atom stereocenters. The van der Waals surface area contributed by atoms with Crippen molar-refractivity contribution in [1.29, 1.82) is 0 Å². The van der Waals surface area contributed by atoms with E-state index in [1.54, 1.807) is 12.1 Å². The molecule has 8 nitrogen and oxygen atoms in total. The SMILES string of the molecule is CC(C)(C)c1cc(CN(c2cccnc2)S(=O)(=O)c2cccc([N+](=O)[O-])c2)cc(C(C)(C)C)c1O. The van der Waals surface area contributed by atoms with Crippen LogP contribution in [0.4, 0.5) is 11.4 Å². The van der Waals surface area contributed by atoms with Crippen molar-refractivity contribution in [3.05, 3.63) is 87.7 Å². The lowest BCUT2D eigenvalue weighted by atomic mass is 9.78. The number of phenolic OH excluding ortho intramolecular Hbond substituents is 1. The van der Waals surface area contributed by atoms with Crippen LogP contribution in [0.25, 0.3) is 0 Å². The van der Waals surface area contributed by atoms with Gasteiger partial charge in [-0.1, -0.05) is 47.6 Å². The van der Waals surface area contributed by atoms with Crippen LogP contribution in [0.15, 0.2) is 65.8 Å². The van der Waals surface area contributed by atoms with Crippen molar-refractivity contribution in [2.45, 2.75) is 63.8 Å². The van der Waals surface area contributed by atoms with Gasteiger partial charge in [-0.25, -0.2) is 8.42 Å². The molecule has 9 heteroatoms. The number of nitro groups is 1. The molecule has 0 spiro atoms. The minimum absolute atomic E-state index is 0.0524. The van der Waals surface area contributed by atoms with Crippen LogP contribution in [0.5, 0.6) is 5.75 Å². The number of aromatic nitrogens is 1. The van der Waals surface area contributed by atoms with Gasteiger partial charge in [-0.15, -0.1) is 0 Å². The van der Waals surface area contributed by atoms with Gasteiger partial charge in [0.05, 0.1) is 28.2 Å². The molecule has 0 atom stereocenters. The fourth-order valence-electron chi connectivity index (χ4n) is 3.80. The third kappa shape index (κ3) is 5.62. The van der Waals surface area contributed by atoms with E-state index >= 15 is 0 Å². The monoisotopic (exact) mass is 497 g/mol. The maximum atomic E-state index is 13.8. The van der Waals surface area contributed by atoms with Gasteiger partial charge < -0.3 is 5.11 Å². The van der Waals surface area contributed by atoms with Crippen molar-refractivity contribution in [1.82, 2.24) is 4.98 Å². The minimum atomic E-state index is -4.19. The quantitative estimate of drug-likeness (QED) is 0.346. The van der Waals surface area contributed by atoms with Crippen LogP contribution >= 0.6 is 0 Å². The fraction of sp³-hybridized carbons (Fsp3) is 0.346. The molecule has 0 aliphatic carbocycles. The Bertz CT molecular complexity index is 1310. The van der Waals surface area contributed by atoms with E-state index in [9.17, 15) is 23.6 Å². The number of aromatic hydroxyl groups is 1. The maximum absolute atomic E-state index is 13.8. The molecular weight excluding hydrogens is 466 g/mol. The van der Waals surface area contributed by atoms with Crippen LogP contribution in [-0.2, 0) is 27.4 Å². The number of benzene rings is 2. The summed E-state index contributed by atoms with van der Waals surface area (Å²) < 4.78 is 28.7. The lowest BCUT2D eigenvalue weighted by molar-refractivity contribution is -0.385. The van der Waals surface area contributed by atoms with Gasteiger partial charge in [-0.3, -0.25) is 19.4 Å². The minimum Gasteiger partial charge on any atom is -0.507 e. The standard InChI is InChI=1S/C26H31N3O5S/c1-25(2,3)22-13-18(14-23(24(22)30)26(4,5)6)17-28(20-10-8-12-27-16-20)35(33,34)21-11-7-9-19(15-21)29(31)32/h7-16,30H,17H2,1-6H3. The summed E-state index contributed by atoms with van der Waals surface area (Å²) in [5.74, 6) is 0.197. The molecule has 0 radical (unpaired) electrons. The molecule has 3 aromatic rings. The summed E-state index contributed by atoms with van der Waals surface area (Å²) in [6, 6.07) is 11.9. The van der Waals surface area contributed by atoms with Crippen molar-refractivity contribution >= 4 is 21.4 Å². The Morgan fingerprint density at radius 2 is 1.57 bits per heavy atom. The molecule has 0 saturated heterocycles. The molecule has 0 bridgehead atoms. The highest BCUT2D eigenvalue weighted by Gasteiger charge is 2.30. The van der Waals surface area contributed by atoms with Crippen molar-refractivity contribution < 1.29 is 18.4 Å². The third-order valence-electron chi connectivity index (χ3n) is 5.66. The first kappa shape index (κ1) is 26.2. The van der Waals surface area contributed by atoms with E-state index in [4.69, 9.17) is 0 Å². The van der Waals surface area contributed by atoms with Gasteiger partial charge in [-0.2, -0.15) is 0 Å². The van der Waals surface area contributed by atoms with E-state index in [0.717, 1.165) is 6.07 Å². The number of phenols is 1. The molecular formula is C26H31N3O5S. The smallest absolute Gasteiger partial charge is 0.270 e. The normalized spacial score (nSPS) is 12.4. The van der Waals surface area contributed by atoms with E-state index in [-0.39, 0.29) is 22.9 Å². The van der Waals surface area contributed by atoms with Crippen LogP contribution in [0.1, 0.15) is 58.2 Å². The number of nitrogens with zero attached hydrogens (tertiary/aromatic N) is 3. The van der Waals surface area contributed by atoms with E-state index in [1.807, 2.05) is 53.7 Å². The topological polar surface area (TPSA) is 114 Å². The molecule has 3 rings (SSSR count). The van der Waals surface area contributed by atoms with Crippen LogP contribution in [0.2, 0.25) is 0 Å². The average Bonchev–Trinajstić information content (AvgIpc) is 2.77. The van der Waals surface area contributed by atoms with E-state index in [0.29, 0.717) is 22.4 Å². The van der Waals surface area contributed by atoms with Crippen LogP contribution in [0.3, 0.4) is 0 Å². The Labute approximate surface area is 206 Å². The Balaban J connectivity index is 2.22. The Kier molecular flexibility index (Phi) is 6.95. The van der Waals surface area contributed by atoms with Crippen molar-refractivity contribution in [2.24, 2.45) is 0 Å². The Morgan fingerprint density at radius 3 is 2.06 bits per heavy atom. The number of non-ortho nitro benzene ring substituents is 1. The maximum Gasteiger partial charge on any atom is 0.270 e. The van der Waals surface area contributed by atoms with Gasteiger partial charge in [0.2, 0.25) is 0 Å². The Morgan fingerprint density at radius 1 is 0.971 bits per heavy atom. The summed E-state index contributed by atoms with van der Waals surface area (Å²) in [7, 11) is -4.19. The summed E-state index contributed by atoms with van der Waals surface area (Å²) in [6.07, 6.45) is 2.97. The zero-order chi connectivity index (χ0) is 26.2. The molecule has 0 amide bonds. The average molecular weight is 498 g/mol. The number of pyridine rings is 1. The molecule has 1 heterocycles. The van der Waals surface area contributed by atoms with E-state index in [1.165, 1.54) is 34.9 Å². The lowest BCUT2D eigenvalue weighted by Crippen LogP contribution is -2.31. The highest BCUT2D eigenvalue weighted by atomic mass is 32.2. The van der Waals surface area contributed by atoms with Crippen molar-refractivity contribution in [3.63, 3.8) is 0 Å². The fourth-order valence-corrected chi connectivity index (χ4v) is 5.28. The van der Waals surface area contributed by atoms with Gasteiger partial charge >= 0.3 is 0 Å². The molecule has 35 heavy (non-hydrogen) atoms. The molecule has 2 aromatic carbocycles. The van der Waals surface area contributed by atoms with Gasteiger partial charge in [0.1, 0.15) is 5.75 Å². The van der Waals surface area contributed by atoms with Crippen LogP contribution in [0, 0.1) is 10.1 Å². The number of hydrogen-bond donors (Lipinski definition) is 1. The Hall–Kier alpha value is -3.46. The molecule has 0 aliphatic rings. The van der Waals surface area contributed by atoms with Gasteiger partial charge in [0.15, 0.2) is 0 Å².